The van der Waals surface area contributed by atoms with Gasteiger partial charge in [-0.1, -0.05) is 41.9 Å². The summed E-state index contributed by atoms with van der Waals surface area (Å²) in [6.07, 6.45) is 5.04. The van der Waals surface area contributed by atoms with E-state index in [2.05, 4.69) is 25.1 Å². The molecule has 0 aliphatic carbocycles. The number of hydrogen-bond donors (Lipinski definition) is 2. The third-order valence-corrected chi connectivity index (χ3v) is 4.69. The molecule has 0 saturated heterocycles. The van der Waals surface area contributed by atoms with Gasteiger partial charge in [-0.25, -0.2) is 4.98 Å². The average Bonchev–Trinajstić information content (AvgIpc) is 3.33. The molecule has 0 radical (unpaired) electrons. The van der Waals surface area contributed by atoms with Crippen LogP contribution >= 0.6 is 11.6 Å². The molecule has 7 heteroatoms. The molecule has 4 rings (SSSR count). The summed E-state index contributed by atoms with van der Waals surface area (Å²) in [5, 5.41) is 5.52. The van der Waals surface area contributed by atoms with Crippen LogP contribution in [0.4, 0.5) is 0 Å². The maximum atomic E-state index is 13.1. The summed E-state index contributed by atoms with van der Waals surface area (Å²) < 4.78 is 2.07. The Morgan fingerprint density at radius 1 is 1.25 bits per heavy atom. The van der Waals surface area contributed by atoms with Gasteiger partial charge in [0.2, 0.25) is 5.78 Å². The van der Waals surface area contributed by atoms with Gasteiger partial charge in [0.15, 0.2) is 5.82 Å². The fraction of sp³-hybridized carbons (Fsp3) is 0.0952. The molecule has 0 amide bonds. The van der Waals surface area contributed by atoms with Crippen molar-refractivity contribution in [3.8, 4) is 0 Å². The molecule has 2 N–H and O–H groups in total. The minimum absolute atomic E-state index is 0.157. The lowest BCUT2D eigenvalue weighted by Gasteiger charge is -2.05. The number of aromatic amines is 1. The topological polar surface area (TPSA) is 75.1 Å². The molecule has 0 aliphatic rings. The minimum atomic E-state index is -0.157. The molecule has 6 nitrogen and oxygen atoms in total. The van der Waals surface area contributed by atoms with Gasteiger partial charge >= 0.3 is 0 Å². The van der Waals surface area contributed by atoms with Gasteiger partial charge < -0.3 is 15.0 Å². The van der Waals surface area contributed by atoms with E-state index in [0.29, 0.717) is 22.8 Å². The minimum Gasteiger partial charge on any atom is -0.342 e. The molecule has 2 aromatic carbocycles. The summed E-state index contributed by atoms with van der Waals surface area (Å²) in [6, 6.07) is 15.6. The number of halogens is 1. The van der Waals surface area contributed by atoms with E-state index in [0.717, 1.165) is 16.5 Å². The number of nitrogens with one attached hydrogen (secondary N) is 2. The van der Waals surface area contributed by atoms with E-state index < -0.39 is 0 Å². The molecule has 0 aliphatic heterocycles. The molecule has 0 bridgehead atoms. The average molecular weight is 392 g/mol. The van der Waals surface area contributed by atoms with Crippen LogP contribution in [0.15, 0.2) is 66.0 Å². The number of ketones is 1. The highest BCUT2D eigenvalue weighted by Gasteiger charge is 2.19. The van der Waals surface area contributed by atoms with Gasteiger partial charge in [0.05, 0.1) is 23.7 Å². The first-order valence-electron chi connectivity index (χ1n) is 8.77. The van der Waals surface area contributed by atoms with Gasteiger partial charge in [0.1, 0.15) is 0 Å². The van der Waals surface area contributed by atoms with E-state index in [-0.39, 0.29) is 11.6 Å². The Balaban J connectivity index is 1.71. The van der Waals surface area contributed by atoms with E-state index in [4.69, 9.17) is 11.6 Å². The molecule has 0 saturated carbocycles. The quantitative estimate of drug-likeness (QED) is 0.298. The Kier molecular flexibility index (Phi) is 4.95. The number of hydrogen-bond acceptors (Lipinski definition) is 4. The second kappa shape index (κ2) is 7.70. The van der Waals surface area contributed by atoms with Crippen LogP contribution in [0, 0.1) is 0 Å². The highest BCUT2D eigenvalue weighted by atomic mass is 35.5. The molecule has 2 heterocycles. The standard InChI is InChI=1S/C21H18ClN5O/c1-23-25-11-16-10-24-21(26-16)20(28)18-13-27(19-5-3-2-4-17(18)19)12-14-6-8-15(22)9-7-14/h2-11,13,23H,12H2,1H3,(H,24,26)/b25-11+. The highest BCUT2D eigenvalue weighted by molar-refractivity contribution is 6.30. The number of carbonyl (C=O) groups is 1. The third-order valence-electron chi connectivity index (χ3n) is 4.44. The number of aromatic nitrogens is 3. The van der Waals surface area contributed by atoms with E-state index in [1.807, 2.05) is 54.7 Å². The number of rotatable bonds is 6. The number of fused-ring (bicyclic) bond motifs is 1. The van der Waals surface area contributed by atoms with E-state index in [9.17, 15) is 4.79 Å². The SMILES string of the molecule is CN/N=C/c1cnc(C(=O)c2cn(Cc3ccc(Cl)cc3)c3ccccc23)[nH]1. The van der Waals surface area contributed by atoms with Crippen LogP contribution < -0.4 is 5.43 Å². The normalized spacial score (nSPS) is 11.4. The van der Waals surface area contributed by atoms with Crippen LogP contribution in [0.25, 0.3) is 10.9 Å². The molecule has 28 heavy (non-hydrogen) atoms. The first-order valence-corrected chi connectivity index (χ1v) is 9.15. The summed E-state index contributed by atoms with van der Waals surface area (Å²) >= 11 is 5.98. The monoisotopic (exact) mass is 391 g/mol. The maximum absolute atomic E-state index is 13.1. The zero-order chi connectivity index (χ0) is 19.5. The van der Waals surface area contributed by atoms with Crippen LogP contribution in [0.3, 0.4) is 0 Å². The molecule has 0 unspecified atom stereocenters. The summed E-state index contributed by atoms with van der Waals surface area (Å²) in [5.41, 5.74) is 6.02. The van der Waals surface area contributed by atoms with Crippen LogP contribution in [-0.4, -0.2) is 33.6 Å². The van der Waals surface area contributed by atoms with Crippen molar-refractivity contribution in [3.63, 3.8) is 0 Å². The zero-order valence-corrected chi connectivity index (χ0v) is 15.9. The van der Waals surface area contributed by atoms with Crippen LogP contribution in [0.1, 0.15) is 27.4 Å². The van der Waals surface area contributed by atoms with Crippen molar-refractivity contribution in [1.29, 1.82) is 0 Å². The Hall–Kier alpha value is -3.38. The summed E-state index contributed by atoms with van der Waals surface area (Å²) in [4.78, 5) is 20.3. The number of para-hydroxylation sites is 1. The lowest BCUT2D eigenvalue weighted by molar-refractivity contribution is 0.103. The van der Waals surface area contributed by atoms with Crippen molar-refractivity contribution < 1.29 is 4.79 Å². The van der Waals surface area contributed by atoms with Crippen molar-refractivity contribution in [3.05, 3.63) is 88.6 Å². The molecule has 0 spiro atoms. The van der Waals surface area contributed by atoms with E-state index >= 15 is 0 Å². The lowest BCUT2D eigenvalue weighted by atomic mass is 10.1. The summed E-state index contributed by atoms with van der Waals surface area (Å²) in [7, 11) is 1.70. The Labute approximate surface area is 166 Å². The van der Waals surface area contributed by atoms with Crippen LogP contribution in [0.2, 0.25) is 5.02 Å². The van der Waals surface area contributed by atoms with Gasteiger partial charge in [-0.3, -0.25) is 4.79 Å². The fourth-order valence-corrected chi connectivity index (χ4v) is 3.25. The van der Waals surface area contributed by atoms with Gasteiger partial charge in [-0.05, 0) is 23.8 Å². The molecule has 0 atom stereocenters. The van der Waals surface area contributed by atoms with Gasteiger partial charge in [-0.15, -0.1) is 0 Å². The largest absolute Gasteiger partial charge is 0.342 e. The van der Waals surface area contributed by atoms with Crippen molar-refractivity contribution >= 4 is 34.5 Å². The van der Waals surface area contributed by atoms with E-state index in [1.165, 1.54) is 0 Å². The Morgan fingerprint density at radius 2 is 2.04 bits per heavy atom. The Morgan fingerprint density at radius 3 is 2.82 bits per heavy atom. The summed E-state index contributed by atoms with van der Waals surface area (Å²) in [5.74, 6) is 0.127. The molecule has 4 aromatic rings. The van der Waals surface area contributed by atoms with Crippen LogP contribution in [0.5, 0.6) is 0 Å². The molecule has 0 fully saturated rings. The number of imidazole rings is 1. The second-order valence-corrected chi connectivity index (χ2v) is 6.75. The van der Waals surface area contributed by atoms with Crippen molar-refractivity contribution in [2.45, 2.75) is 6.54 Å². The first-order chi connectivity index (χ1) is 13.7. The molecule has 140 valence electrons. The number of carbonyl (C=O) groups excluding carboxylic acids is 1. The summed E-state index contributed by atoms with van der Waals surface area (Å²) in [6.45, 7) is 0.642. The predicted octanol–water partition coefficient (Wildman–Crippen LogP) is 3.85. The van der Waals surface area contributed by atoms with Gasteiger partial charge in [-0.2, -0.15) is 5.10 Å². The predicted molar refractivity (Wildman–Crippen MR) is 111 cm³/mol. The number of hydrazone groups is 1. The van der Waals surface area contributed by atoms with Gasteiger partial charge in [0, 0.05) is 35.7 Å². The van der Waals surface area contributed by atoms with Crippen molar-refractivity contribution in [2.75, 3.05) is 7.05 Å². The molecular formula is C21H18ClN5O. The lowest BCUT2D eigenvalue weighted by Crippen LogP contribution is -2.04. The highest BCUT2D eigenvalue weighted by Crippen LogP contribution is 2.24. The van der Waals surface area contributed by atoms with Crippen molar-refractivity contribution in [1.82, 2.24) is 20.0 Å². The fourth-order valence-electron chi connectivity index (χ4n) is 3.12. The smallest absolute Gasteiger partial charge is 0.230 e. The number of H-pyrrole nitrogens is 1. The zero-order valence-electron chi connectivity index (χ0n) is 15.2. The van der Waals surface area contributed by atoms with Crippen LogP contribution in [-0.2, 0) is 6.54 Å². The molecular weight excluding hydrogens is 374 g/mol. The second-order valence-electron chi connectivity index (χ2n) is 6.31. The first kappa shape index (κ1) is 18.0. The third kappa shape index (κ3) is 3.54. The Bertz CT molecular complexity index is 1160. The maximum Gasteiger partial charge on any atom is 0.230 e. The molecule has 2 aromatic heterocycles. The number of nitrogens with zero attached hydrogens (tertiary/aromatic N) is 3. The van der Waals surface area contributed by atoms with Gasteiger partial charge in [0.25, 0.3) is 0 Å². The number of benzene rings is 2. The van der Waals surface area contributed by atoms with Crippen molar-refractivity contribution in [2.24, 2.45) is 5.10 Å². The van der Waals surface area contributed by atoms with E-state index in [1.54, 1.807) is 19.5 Å².